The predicted octanol–water partition coefficient (Wildman–Crippen LogP) is -4.15. The number of carbonyl (C=O) groups is 2. The first-order chi connectivity index (χ1) is 10.1. The molecule has 7 nitrogen and oxygen atoms in total. The number of likely N-dealkylation sites (N-methyl/N-ethyl adjacent to an activating group) is 1. The Balaban J connectivity index is 0.00000242. The van der Waals surface area contributed by atoms with Gasteiger partial charge in [-0.15, -0.1) is 0 Å². The van der Waals surface area contributed by atoms with E-state index in [1.807, 2.05) is 0 Å². The van der Waals surface area contributed by atoms with Crippen LogP contribution in [0.5, 0.6) is 0 Å². The Bertz CT molecular complexity index is 521. The summed E-state index contributed by atoms with van der Waals surface area (Å²) in [7, 11) is 1.69. The van der Waals surface area contributed by atoms with Crippen molar-refractivity contribution in [2.75, 3.05) is 46.4 Å². The van der Waals surface area contributed by atoms with E-state index in [0.29, 0.717) is 6.54 Å². The van der Waals surface area contributed by atoms with Gasteiger partial charge in [0, 0.05) is 51.2 Å². The van der Waals surface area contributed by atoms with Crippen molar-refractivity contribution in [1.82, 2.24) is 14.8 Å². The van der Waals surface area contributed by atoms with Crippen molar-refractivity contribution in [3.63, 3.8) is 0 Å². The number of aromatic carboxylic acids is 1. The third-order valence-corrected chi connectivity index (χ3v) is 3.42. The number of carboxylic acid groups (broad SMARTS) is 1. The molecule has 22 heavy (non-hydrogen) atoms. The van der Waals surface area contributed by atoms with Crippen molar-refractivity contribution >= 4 is 11.9 Å². The molecule has 0 atom stereocenters. The Morgan fingerprint density at radius 2 is 1.95 bits per heavy atom. The number of nitrogens with zero attached hydrogens (tertiary/aromatic N) is 3. The van der Waals surface area contributed by atoms with Gasteiger partial charge in [-0.1, -0.05) is 0 Å². The fourth-order valence-electron chi connectivity index (χ4n) is 2.11. The number of hydrogen-bond acceptors (Lipinski definition) is 6. The minimum absolute atomic E-state index is 0. The smallest absolute Gasteiger partial charge is 0.545 e. The van der Waals surface area contributed by atoms with Gasteiger partial charge < -0.3 is 19.5 Å². The van der Waals surface area contributed by atoms with E-state index in [0.717, 1.165) is 32.8 Å². The largest absolute Gasteiger partial charge is 1.00 e. The van der Waals surface area contributed by atoms with Gasteiger partial charge in [-0.25, -0.2) is 0 Å². The van der Waals surface area contributed by atoms with Crippen LogP contribution in [0.1, 0.15) is 20.7 Å². The normalized spacial score (nSPS) is 15.0. The zero-order valence-corrected chi connectivity index (χ0v) is 14.9. The molecule has 8 heteroatoms. The predicted molar refractivity (Wildman–Crippen MR) is 72.8 cm³/mol. The quantitative estimate of drug-likeness (QED) is 0.513. The minimum atomic E-state index is -1.34. The average Bonchev–Trinajstić information content (AvgIpc) is 2.53. The molecule has 0 N–H and O–H groups in total. The molecule has 0 spiro atoms. The molecule has 0 aromatic carbocycles. The standard InChI is InChI=1S/C14H19N3O4.Na/c1-16(2-3-17-4-6-21-7-5-17)13(18)11-8-12(14(19)20)10-15-9-11;/h8-10H,2-7H2,1H3,(H,19,20);/q;+1/p-1. The number of rotatable bonds is 5. The maximum absolute atomic E-state index is 12.2. The van der Waals surface area contributed by atoms with E-state index in [9.17, 15) is 14.7 Å². The van der Waals surface area contributed by atoms with Crippen LogP contribution in [-0.4, -0.2) is 73.1 Å². The number of pyridine rings is 1. The van der Waals surface area contributed by atoms with E-state index in [-0.39, 0.29) is 46.6 Å². The second-order valence-electron chi connectivity index (χ2n) is 4.93. The topological polar surface area (TPSA) is 85.8 Å². The first-order valence-corrected chi connectivity index (χ1v) is 6.80. The second-order valence-corrected chi connectivity index (χ2v) is 4.93. The Morgan fingerprint density at radius 1 is 1.32 bits per heavy atom. The summed E-state index contributed by atoms with van der Waals surface area (Å²) in [6.45, 7) is 4.49. The second kappa shape index (κ2) is 9.22. The van der Waals surface area contributed by atoms with Gasteiger partial charge in [0.2, 0.25) is 0 Å². The molecule has 114 valence electrons. The molecule has 0 bridgehead atoms. The summed E-state index contributed by atoms with van der Waals surface area (Å²) < 4.78 is 5.27. The number of carbonyl (C=O) groups excluding carboxylic acids is 2. The zero-order valence-electron chi connectivity index (χ0n) is 12.9. The van der Waals surface area contributed by atoms with Crippen LogP contribution in [0.15, 0.2) is 18.5 Å². The maximum atomic E-state index is 12.2. The minimum Gasteiger partial charge on any atom is -0.545 e. The summed E-state index contributed by atoms with van der Waals surface area (Å²) in [6, 6.07) is 1.29. The number of morpholine rings is 1. The number of carboxylic acids is 1. The summed E-state index contributed by atoms with van der Waals surface area (Å²) in [5.74, 6) is -1.59. The molecular formula is C14H18N3NaO4. The van der Waals surface area contributed by atoms with Crippen molar-refractivity contribution in [1.29, 1.82) is 0 Å². The van der Waals surface area contributed by atoms with Crippen LogP contribution in [0.3, 0.4) is 0 Å². The van der Waals surface area contributed by atoms with E-state index >= 15 is 0 Å². The van der Waals surface area contributed by atoms with Crippen molar-refractivity contribution in [3.8, 4) is 0 Å². The van der Waals surface area contributed by atoms with E-state index < -0.39 is 5.97 Å². The van der Waals surface area contributed by atoms with E-state index in [2.05, 4.69) is 9.88 Å². The Hall–Kier alpha value is -0.990. The van der Waals surface area contributed by atoms with Gasteiger partial charge in [0.1, 0.15) is 0 Å². The Kier molecular flexibility index (Phi) is 7.98. The molecule has 2 heterocycles. The first-order valence-electron chi connectivity index (χ1n) is 6.80. The van der Waals surface area contributed by atoms with Gasteiger partial charge >= 0.3 is 29.6 Å². The Labute approximate surface area is 151 Å². The molecule has 0 radical (unpaired) electrons. The molecule has 1 fully saturated rings. The van der Waals surface area contributed by atoms with Crippen molar-refractivity contribution < 1.29 is 49.0 Å². The summed E-state index contributed by atoms with van der Waals surface area (Å²) >= 11 is 0. The van der Waals surface area contributed by atoms with Crippen LogP contribution in [0.25, 0.3) is 0 Å². The molecule has 0 saturated carbocycles. The SMILES string of the molecule is CN(CCN1CCOCC1)C(=O)c1cncc(C(=O)[O-])c1.[Na+]. The molecule has 1 amide bonds. The maximum Gasteiger partial charge on any atom is 1.00 e. The van der Waals surface area contributed by atoms with Gasteiger partial charge in [-0.2, -0.15) is 0 Å². The van der Waals surface area contributed by atoms with E-state index in [1.54, 1.807) is 11.9 Å². The van der Waals surface area contributed by atoms with E-state index in [1.165, 1.54) is 18.5 Å². The van der Waals surface area contributed by atoms with Gasteiger partial charge in [0.15, 0.2) is 0 Å². The van der Waals surface area contributed by atoms with Crippen molar-refractivity contribution in [2.45, 2.75) is 0 Å². The molecular weight excluding hydrogens is 297 g/mol. The van der Waals surface area contributed by atoms with Crippen LogP contribution in [-0.2, 0) is 4.74 Å². The monoisotopic (exact) mass is 315 g/mol. The van der Waals surface area contributed by atoms with Gasteiger partial charge in [0.05, 0.1) is 24.7 Å². The fourth-order valence-corrected chi connectivity index (χ4v) is 2.11. The number of amides is 1. The average molecular weight is 315 g/mol. The van der Waals surface area contributed by atoms with Crippen LogP contribution in [0, 0.1) is 0 Å². The molecule has 2 rings (SSSR count). The molecule has 1 saturated heterocycles. The molecule has 0 unspecified atom stereocenters. The van der Waals surface area contributed by atoms with Gasteiger partial charge in [-0.05, 0) is 6.07 Å². The Morgan fingerprint density at radius 3 is 2.59 bits per heavy atom. The number of ether oxygens (including phenoxy) is 1. The number of hydrogen-bond donors (Lipinski definition) is 0. The van der Waals surface area contributed by atoms with Crippen LogP contribution < -0.4 is 34.7 Å². The molecule has 1 aromatic rings. The van der Waals surface area contributed by atoms with Crippen LogP contribution >= 0.6 is 0 Å². The van der Waals surface area contributed by atoms with Gasteiger partial charge in [-0.3, -0.25) is 14.7 Å². The zero-order chi connectivity index (χ0) is 15.2. The van der Waals surface area contributed by atoms with Crippen LogP contribution in [0.4, 0.5) is 0 Å². The van der Waals surface area contributed by atoms with Gasteiger partial charge in [0.25, 0.3) is 5.91 Å². The van der Waals surface area contributed by atoms with Crippen LogP contribution in [0.2, 0.25) is 0 Å². The molecule has 1 aliphatic heterocycles. The summed E-state index contributed by atoms with van der Waals surface area (Å²) in [5.41, 5.74) is 0.156. The first kappa shape index (κ1) is 19.1. The number of aromatic nitrogens is 1. The van der Waals surface area contributed by atoms with Crippen molar-refractivity contribution in [2.24, 2.45) is 0 Å². The summed E-state index contributed by atoms with van der Waals surface area (Å²) in [5, 5.41) is 10.8. The molecule has 1 aromatic heterocycles. The third-order valence-electron chi connectivity index (χ3n) is 3.42. The summed E-state index contributed by atoms with van der Waals surface area (Å²) in [4.78, 5) is 30.6. The molecule has 1 aliphatic rings. The molecule has 0 aliphatic carbocycles. The third kappa shape index (κ3) is 5.33. The summed E-state index contributed by atoms with van der Waals surface area (Å²) in [6.07, 6.45) is 2.53. The fraction of sp³-hybridized carbons (Fsp3) is 0.500. The van der Waals surface area contributed by atoms with E-state index in [4.69, 9.17) is 4.74 Å². The van der Waals surface area contributed by atoms with Crippen molar-refractivity contribution in [3.05, 3.63) is 29.6 Å².